The van der Waals surface area contributed by atoms with Gasteiger partial charge in [0.25, 0.3) is 0 Å². The van der Waals surface area contributed by atoms with Crippen LogP contribution < -0.4 is 4.74 Å². The van der Waals surface area contributed by atoms with Gasteiger partial charge in [-0.3, -0.25) is 4.99 Å². The van der Waals surface area contributed by atoms with Crippen LogP contribution in [0.4, 0.5) is 5.69 Å². The molecule has 2 nitrogen and oxygen atoms in total. The molecule has 1 aromatic carbocycles. The number of benzene rings is 1. The predicted octanol–water partition coefficient (Wildman–Crippen LogP) is 10.5. The van der Waals surface area contributed by atoms with Gasteiger partial charge in [-0.15, -0.1) is 0 Å². The molecule has 0 saturated heterocycles. The lowest BCUT2D eigenvalue weighted by Gasteiger charge is -2.32. The molecule has 2 rings (SSSR count). The lowest BCUT2D eigenvalue weighted by atomic mass is 9.70. The minimum absolute atomic E-state index is 0.132. The van der Waals surface area contributed by atoms with Crippen LogP contribution in [0.2, 0.25) is 0 Å². The van der Waals surface area contributed by atoms with E-state index >= 15 is 0 Å². The summed E-state index contributed by atoms with van der Waals surface area (Å²) >= 11 is 0. The van der Waals surface area contributed by atoms with E-state index < -0.39 is 0 Å². The van der Waals surface area contributed by atoms with Crippen molar-refractivity contribution in [2.24, 2.45) is 4.99 Å². The molecule has 0 aromatic heterocycles. The third-order valence-electron chi connectivity index (χ3n) is 7.86. The number of aliphatic imine (C=N–C) groups is 1. The molecule has 1 heterocycles. The van der Waals surface area contributed by atoms with Crippen molar-refractivity contribution in [1.82, 2.24) is 0 Å². The first-order valence-corrected chi connectivity index (χ1v) is 14.4. The van der Waals surface area contributed by atoms with Gasteiger partial charge < -0.3 is 4.74 Å². The monoisotopic (exact) mass is 455 g/mol. The van der Waals surface area contributed by atoms with E-state index in [1.807, 2.05) is 0 Å². The van der Waals surface area contributed by atoms with Gasteiger partial charge in [0.15, 0.2) is 0 Å². The van der Waals surface area contributed by atoms with Gasteiger partial charge in [0, 0.05) is 11.1 Å². The molecule has 1 aliphatic rings. The van der Waals surface area contributed by atoms with Crippen molar-refractivity contribution >= 4 is 11.4 Å². The van der Waals surface area contributed by atoms with E-state index in [4.69, 9.17) is 9.73 Å². The molecule has 1 aliphatic heterocycles. The van der Waals surface area contributed by atoms with Gasteiger partial charge in [-0.1, -0.05) is 123 Å². The SMILES string of the molecule is CCCCCCCCCCCCC1(CCCCCCCCC)C(C)=Nc2ccc(OC)cc21. The quantitative estimate of drug-likeness (QED) is 0.179. The van der Waals surface area contributed by atoms with Crippen molar-refractivity contribution in [3.63, 3.8) is 0 Å². The van der Waals surface area contributed by atoms with E-state index in [2.05, 4.69) is 39.0 Å². The van der Waals surface area contributed by atoms with Crippen LogP contribution in [0.5, 0.6) is 5.75 Å². The zero-order chi connectivity index (χ0) is 23.8. The number of ether oxygens (including phenoxy) is 1. The second kappa shape index (κ2) is 16.3. The average molecular weight is 456 g/mol. The van der Waals surface area contributed by atoms with E-state index in [0.717, 1.165) is 5.75 Å². The first-order chi connectivity index (χ1) is 16.2. The second-order valence-corrected chi connectivity index (χ2v) is 10.5. The molecule has 0 N–H and O–H groups in total. The summed E-state index contributed by atoms with van der Waals surface area (Å²) in [6, 6.07) is 6.52. The van der Waals surface area contributed by atoms with Crippen molar-refractivity contribution < 1.29 is 4.74 Å². The molecule has 1 unspecified atom stereocenters. The van der Waals surface area contributed by atoms with Crippen LogP contribution in [0.3, 0.4) is 0 Å². The highest BCUT2D eigenvalue weighted by Crippen LogP contribution is 2.48. The lowest BCUT2D eigenvalue weighted by Crippen LogP contribution is -2.31. The standard InChI is InChI=1S/C31H53NO/c1-5-7-9-11-13-14-15-17-19-21-25-31(24-20-18-16-12-10-8-6-2)27(3)32-30-23-22-28(33-4)26-29(30)31/h22-23,26H,5-21,24-25H2,1-4H3. The van der Waals surface area contributed by atoms with Crippen LogP contribution in [0.25, 0.3) is 0 Å². The molecule has 0 amide bonds. The minimum Gasteiger partial charge on any atom is -0.497 e. The number of methoxy groups -OCH3 is 1. The number of nitrogens with zero attached hydrogens (tertiary/aromatic N) is 1. The summed E-state index contributed by atoms with van der Waals surface area (Å²) in [5, 5.41) is 0. The fourth-order valence-electron chi connectivity index (χ4n) is 5.66. The molecule has 1 atom stereocenters. The predicted molar refractivity (Wildman–Crippen MR) is 147 cm³/mol. The van der Waals surface area contributed by atoms with E-state index in [1.54, 1.807) is 7.11 Å². The molecule has 0 radical (unpaired) electrons. The van der Waals surface area contributed by atoms with E-state index in [-0.39, 0.29) is 5.41 Å². The molecule has 0 fully saturated rings. The maximum atomic E-state index is 5.60. The first kappa shape index (κ1) is 27.9. The Kier molecular flexibility index (Phi) is 13.8. The van der Waals surface area contributed by atoms with Gasteiger partial charge in [0.1, 0.15) is 5.75 Å². The fourth-order valence-corrected chi connectivity index (χ4v) is 5.66. The zero-order valence-electron chi connectivity index (χ0n) is 22.5. The summed E-state index contributed by atoms with van der Waals surface area (Å²) in [6.45, 7) is 6.88. The van der Waals surface area contributed by atoms with Crippen molar-refractivity contribution in [3.8, 4) is 5.75 Å². The van der Waals surface area contributed by atoms with Gasteiger partial charge in [-0.05, 0) is 43.5 Å². The fraction of sp³-hybridized carbons (Fsp3) is 0.774. The smallest absolute Gasteiger partial charge is 0.119 e. The maximum Gasteiger partial charge on any atom is 0.119 e. The molecule has 0 saturated carbocycles. The summed E-state index contributed by atoms with van der Waals surface area (Å²) in [4.78, 5) is 5.05. The molecule has 0 aliphatic carbocycles. The number of hydrogen-bond donors (Lipinski definition) is 0. The highest BCUT2D eigenvalue weighted by atomic mass is 16.5. The Morgan fingerprint density at radius 2 is 1.12 bits per heavy atom. The second-order valence-electron chi connectivity index (χ2n) is 10.5. The minimum atomic E-state index is 0.132. The Balaban J connectivity index is 1.87. The van der Waals surface area contributed by atoms with Crippen LogP contribution in [-0.4, -0.2) is 12.8 Å². The third-order valence-corrected chi connectivity index (χ3v) is 7.86. The number of hydrogen-bond acceptors (Lipinski definition) is 2. The van der Waals surface area contributed by atoms with E-state index in [0.29, 0.717) is 0 Å². The van der Waals surface area contributed by atoms with Gasteiger partial charge in [-0.2, -0.15) is 0 Å². The van der Waals surface area contributed by atoms with E-state index in [9.17, 15) is 0 Å². The third kappa shape index (κ3) is 9.10. The largest absolute Gasteiger partial charge is 0.497 e. The van der Waals surface area contributed by atoms with Crippen LogP contribution in [-0.2, 0) is 5.41 Å². The molecule has 2 heteroatoms. The number of unbranched alkanes of at least 4 members (excludes halogenated alkanes) is 15. The van der Waals surface area contributed by atoms with Crippen molar-refractivity contribution in [3.05, 3.63) is 23.8 Å². The van der Waals surface area contributed by atoms with Crippen LogP contribution in [0.1, 0.15) is 148 Å². The van der Waals surface area contributed by atoms with Crippen molar-refractivity contribution in [1.29, 1.82) is 0 Å². The van der Waals surface area contributed by atoms with Crippen LogP contribution in [0.15, 0.2) is 23.2 Å². The van der Waals surface area contributed by atoms with Crippen LogP contribution in [0, 0.1) is 0 Å². The van der Waals surface area contributed by atoms with Gasteiger partial charge >= 0.3 is 0 Å². The average Bonchev–Trinajstić information content (AvgIpc) is 3.10. The zero-order valence-corrected chi connectivity index (χ0v) is 22.5. The molecule has 1 aromatic rings. The summed E-state index contributed by atoms with van der Waals surface area (Å²) in [6.07, 6.45) is 26.0. The molecule has 0 spiro atoms. The summed E-state index contributed by atoms with van der Waals surface area (Å²) in [5.41, 5.74) is 4.09. The highest BCUT2D eigenvalue weighted by Gasteiger charge is 2.40. The van der Waals surface area contributed by atoms with Gasteiger partial charge in [0.2, 0.25) is 0 Å². The Morgan fingerprint density at radius 1 is 0.667 bits per heavy atom. The molecule has 33 heavy (non-hydrogen) atoms. The topological polar surface area (TPSA) is 21.6 Å². The summed E-state index contributed by atoms with van der Waals surface area (Å²) in [5.74, 6) is 0.977. The lowest BCUT2D eigenvalue weighted by molar-refractivity contribution is 0.407. The Hall–Kier alpha value is -1.31. The van der Waals surface area contributed by atoms with Gasteiger partial charge in [0.05, 0.1) is 12.8 Å². The van der Waals surface area contributed by atoms with Crippen LogP contribution >= 0.6 is 0 Å². The normalized spacial score (nSPS) is 17.3. The Bertz CT molecular complexity index is 680. The van der Waals surface area contributed by atoms with Crippen molar-refractivity contribution in [2.45, 2.75) is 148 Å². The number of fused-ring (bicyclic) bond motifs is 1. The Morgan fingerprint density at radius 3 is 1.58 bits per heavy atom. The number of rotatable bonds is 20. The molecule has 188 valence electrons. The van der Waals surface area contributed by atoms with Gasteiger partial charge in [-0.25, -0.2) is 0 Å². The molecular formula is C31H53NO. The summed E-state index contributed by atoms with van der Waals surface area (Å²) in [7, 11) is 1.78. The first-order valence-electron chi connectivity index (χ1n) is 14.4. The highest BCUT2D eigenvalue weighted by molar-refractivity contribution is 6.00. The summed E-state index contributed by atoms with van der Waals surface area (Å²) < 4.78 is 5.60. The maximum absolute atomic E-state index is 5.60. The molecule has 0 bridgehead atoms. The Labute approximate surface area is 206 Å². The van der Waals surface area contributed by atoms with Crippen molar-refractivity contribution in [2.75, 3.05) is 7.11 Å². The van der Waals surface area contributed by atoms with E-state index in [1.165, 1.54) is 139 Å². The molecular weight excluding hydrogens is 402 g/mol.